The zero-order valence-electron chi connectivity index (χ0n) is 8.80. The van der Waals surface area contributed by atoms with Crippen LogP contribution in [0.5, 0.6) is 0 Å². The van der Waals surface area contributed by atoms with Crippen LogP contribution >= 0.6 is 0 Å². The maximum absolute atomic E-state index is 13.9. The van der Waals surface area contributed by atoms with Crippen molar-refractivity contribution in [2.24, 2.45) is 0 Å². The van der Waals surface area contributed by atoms with Crippen LogP contribution in [-0.4, -0.2) is 17.0 Å². The average molecular weight is 232 g/mol. The van der Waals surface area contributed by atoms with Crippen LogP contribution in [0.3, 0.4) is 0 Å². The fraction of sp³-hybridized carbons (Fsp3) is 0.364. The summed E-state index contributed by atoms with van der Waals surface area (Å²) >= 11 is 0. The molecule has 0 amide bonds. The Balaban J connectivity index is 3.26. The Morgan fingerprint density at radius 3 is 2.31 bits per heavy atom. The quantitative estimate of drug-likeness (QED) is 0.869. The minimum Gasteiger partial charge on any atom is -0.477 e. The molecule has 1 N–H and O–H groups in total. The van der Waals surface area contributed by atoms with Crippen LogP contribution < -0.4 is 0 Å². The highest BCUT2D eigenvalue weighted by Crippen LogP contribution is 2.41. The van der Waals surface area contributed by atoms with E-state index in [0.717, 1.165) is 6.07 Å². The molecule has 5 heteroatoms. The summed E-state index contributed by atoms with van der Waals surface area (Å²) in [7, 11) is 0. The summed E-state index contributed by atoms with van der Waals surface area (Å²) in [5, 5.41) is 8.32. The van der Waals surface area contributed by atoms with E-state index in [4.69, 9.17) is 5.11 Å². The molecule has 0 heterocycles. The maximum Gasteiger partial charge on any atom is 0.379 e. The van der Waals surface area contributed by atoms with E-state index in [1.165, 1.54) is 12.1 Å². The number of carboxylic acids is 1. The van der Waals surface area contributed by atoms with Gasteiger partial charge >= 0.3 is 11.9 Å². The first-order valence-corrected chi connectivity index (χ1v) is 4.57. The first-order chi connectivity index (χ1) is 7.19. The number of rotatable bonds is 3. The molecule has 0 saturated heterocycles. The van der Waals surface area contributed by atoms with E-state index in [1.54, 1.807) is 13.0 Å². The highest BCUT2D eigenvalue weighted by molar-refractivity contribution is 5.77. The number of hydrogen-bond donors (Lipinski definition) is 1. The Morgan fingerprint density at radius 2 is 1.88 bits per heavy atom. The number of carboxylic acid groups (broad SMARTS) is 1. The largest absolute Gasteiger partial charge is 0.477 e. The van der Waals surface area contributed by atoms with Crippen molar-refractivity contribution in [3.63, 3.8) is 0 Å². The van der Waals surface area contributed by atoms with E-state index in [1.807, 2.05) is 0 Å². The number of alkyl halides is 3. The van der Waals surface area contributed by atoms with Gasteiger partial charge in [-0.3, -0.25) is 0 Å². The van der Waals surface area contributed by atoms with Crippen LogP contribution in [0, 0.1) is 6.92 Å². The summed E-state index contributed by atoms with van der Waals surface area (Å²) in [4.78, 5) is 10.3. The number of hydrogen-bond acceptors (Lipinski definition) is 1. The van der Waals surface area contributed by atoms with Gasteiger partial charge < -0.3 is 5.11 Å². The molecule has 1 rings (SSSR count). The molecule has 0 radical (unpaired) electrons. The standard InChI is InChI=1S/C11H11F3O2/c1-7-4-3-5-8(6-7)10(2,12)11(13,14)9(15)16/h3-6H,1-2H3,(H,15,16). The summed E-state index contributed by atoms with van der Waals surface area (Å²) in [5.41, 5.74) is -2.99. The summed E-state index contributed by atoms with van der Waals surface area (Å²) in [5.74, 6) is -6.93. The summed E-state index contributed by atoms with van der Waals surface area (Å²) in [6.45, 7) is 2.17. The smallest absolute Gasteiger partial charge is 0.379 e. The summed E-state index contributed by atoms with van der Waals surface area (Å²) in [6, 6.07) is 5.36. The highest BCUT2D eigenvalue weighted by atomic mass is 19.3. The van der Waals surface area contributed by atoms with Gasteiger partial charge in [0, 0.05) is 0 Å². The first-order valence-electron chi connectivity index (χ1n) is 4.57. The lowest BCUT2D eigenvalue weighted by Crippen LogP contribution is -2.45. The van der Waals surface area contributed by atoms with E-state index >= 15 is 0 Å². The lowest BCUT2D eigenvalue weighted by atomic mass is 9.90. The van der Waals surface area contributed by atoms with E-state index < -0.39 is 17.6 Å². The monoisotopic (exact) mass is 232 g/mol. The first kappa shape index (κ1) is 12.5. The number of benzene rings is 1. The van der Waals surface area contributed by atoms with Crippen molar-refractivity contribution in [3.8, 4) is 0 Å². The van der Waals surface area contributed by atoms with Gasteiger partial charge in [-0.05, 0) is 19.4 Å². The molecule has 0 bridgehead atoms. The fourth-order valence-corrected chi connectivity index (χ4v) is 1.32. The Kier molecular flexibility index (Phi) is 2.99. The van der Waals surface area contributed by atoms with Gasteiger partial charge in [-0.15, -0.1) is 0 Å². The van der Waals surface area contributed by atoms with Crippen molar-refractivity contribution in [2.45, 2.75) is 25.4 Å². The van der Waals surface area contributed by atoms with E-state index in [-0.39, 0.29) is 5.56 Å². The van der Waals surface area contributed by atoms with Crippen molar-refractivity contribution in [1.29, 1.82) is 0 Å². The second-order valence-corrected chi connectivity index (χ2v) is 3.75. The predicted molar refractivity (Wildman–Crippen MR) is 52.2 cm³/mol. The summed E-state index contributed by atoms with van der Waals surface area (Å²) < 4.78 is 40.2. The molecule has 1 aromatic carbocycles. The van der Waals surface area contributed by atoms with Crippen LogP contribution in [-0.2, 0) is 10.5 Å². The second-order valence-electron chi connectivity index (χ2n) is 3.75. The van der Waals surface area contributed by atoms with E-state index in [0.29, 0.717) is 12.5 Å². The lowest BCUT2D eigenvalue weighted by Gasteiger charge is -2.27. The third kappa shape index (κ3) is 1.89. The number of carbonyl (C=O) groups is 1. The van der Waals surface area contributed by atoms with Gasteiger partial charge in [-0.2, -0.15) is 8.78 Å². The Labute approximate surface area is 90.7 Å². The molecule has 1 aromatic rings. The second kappa shape index (κ2) is 3.81. The van der Waals surface area contributed by atoms with Gasteiger partial charge in [-0.25, -0.2) is 9.18 Å². The molecule has 0 saturated carbocycles. The third-order valence-electron chi connectivity index (χ3n) is 2.42. The molecule has 0 fully saturated rings. The van der Waals surface area contributed by atoms with Crippen LogP contribution in [0.4, 0.5) is 13.2 Å². The van der Waals surface area contributed by atoms with Crippen molar-refractivity contribution < 1.29 is 23.1 Å². The SMILES string of the molecule is Cc1cccc(C(C)(F)C(F)(F)C(=O)O)c1. The van der Waals surface area contributed by atoms with Crippen molar-refractivity contribution in [1.82, 2.24) is 0 Å². The molecular formula is C11H11F3O2. The Hall–Kier alpha value is -1.52. The van der Waals surface area contributed by atoms with Gasteiger partial charge in [0.15, 0.2) is 0 Å². The fourth-order valence-electron chi connectivity index (χ4n) is 1.32. The van der Waals surface area contributed by atoms with Crippen LogP contribution in [0.2, 0.25) is 0 Å². The minimum absolute atomic E-state index is 0.347. The summed E-state index contributed by atoms with van der Waals surface area (Å²) in [6.07, 6.45) is 0. The van der Waals surface area contributed by atoms with Crippen LogP contribution in [0.25, 0.3) is 0 Å². The van der Waals surface area contributed by atoms with Gasteiger partial charge in [0.05, 0.1) is 0 Å². The molecule has 88 valence electrons. The molecule has 0 aromatic heterocycles. The maximum atomic E-state index is 13.9. The third-order valence-corrected chi connectivity index (χ3v) is 2.42. The number of aryl methyl sites for hydroxylation is 1. The van der Waals surface area contributed by atoms with Crippen molar-refractivity contribution in [3.05, 3.63) is 35.4 Å². The molecule has 0 aliphatic rings. The molecule has 1 unspecified atom stereocenters. The molecule has 0 spiro atoms. The normalized spacial score (nSPS) is 15.6. The Bertz CT molecular complexity index is 413. The van der Waals surface area contributed by atoms with Crippen molar-refractivity contribution in [2.75, 3.05) is 0 Å². The Morgan fingerprint density at radius 1 is 1.31 bits per heavy atom. The molecular weight excluding hydrogens is 221 g/mol. The molecule has 0 aliphatic heterocycles. The lowest BCUT2D eigenvalue weighted by molar-refractivity contribution is -0.190. The van der Waals surface area contributed by atoms with Gasteiger partial charge in [0.2, 0.25) is 5.67 Å². The zero-order chi connectivity index (χ0) is 12.6. The predicted octanol–water partition coefficient (Wildman–Crippen LogP) is 2.90. The van der Waals surface area contributed by atoms with Crippen LogP contribution in [0.1, 0.15) is 18.1 Å². The highest BCUT2D eigenvalue weighted by Gasteiger charge is 2.58. The topological polar surface area (TPSA) is 37.3 Å². The number of halogens is 3. The van der Waals surface area contributed by atoms with E-state index in [9.17, 15) is 18.0 Å². The van der Waals surface area contributed by atoms with Gasteiger partial charge in [0.25, 0.3) is 0 Å². The van der Waals surface area contributed by atoms with Crippen molar-refractivity contribution >= 4 is 5.97 Å². The molecule has 0 aliphatic carbocycles. The van der Waals surface area contributed by atoms with E-state index in [2.05, 4.69) is 0 Å². The molecule has 2 nitrogen and oxygen atoms in total. The minimum atomic E-state index is -4.46. The van der Waals surface area contributed by atoms with Crippen LogP contribution in [0.15, 0.2) is 24.3 Å². The molecule has 16 heavy (non-hydrogen) atoms. The number of aliphatic carboxylic acids is 1. The zero-order valence-corrected chi connectivity index (χ0v) is 8.80. The van der Waals surface area contributed by atoms with Gasteiger partial charge in [0.1, 0.15) is 0 Å². The average Bonchev–Trinajstić information content (AvgIpc) is 2.17. The van der Waals surface area contributed by atoms with Gasteiger partial charge in [-0.1, -0.05) is 29.8 Å². The molecule has 1 atom stereocenters.